The number of H-pyrrole nitrogens is 1. The second-order valence-corrected chi connectivity index (χ2v) is 16.0. The molecule has 0 unspecified atom stereocenters. The highest BCUT2D eigenvalue weighted by molar-refractivity contribution is 7.19. The van der Waals surface area contributed by atoms with Crippen molar-refractivity contribution < 1.29 is 9.59 Å². The van der Waals surface area contributed by atoms with Crippen LogP contribution in [0, 0.1) is 19.8 Å². The normalized spacial score (nSPS) is 22.7. The molecule has 45 heavy (non-hydrogen) atoms. The van der Waals surface area contributed by atoms with E-state index in [-0.39, 0.29) is 6.03 Å². The average Bonchev–Trinajstić information content (AvgIpc) is 3.86. The molecule has 6 heterocycles. The van der Waals surface area contributed by atoms with Crippen LogP contribution in [0.2, 0.25) is 0 Å². The minimum Gasteiger partial charge on any atom is -0.346 e. The first-order valence-corrected chi connectivity index (χ1v) is 18.3. The Kier molecular flexibility index (Phi) is 8.49. The minimum absolute atomic E-state index is 0.123. The molecule has 7 rings (SSSR count). The summed E-state index contributed by atoms with van der Waals surface area (Å²) < 4.78 is 0. The number of aromatic nitrogens is 1. The number of nitrogens with zero attached hydrogens (tertiary/aromatic N) is 3. The van der Waals surface area contributed by atoms with Crippen molar-refractivity contribution in [1.29, 1.82) is 0 Å². The van der Waals surface area contributed by atoms with Crippen LogP contribution >= 0.6 is 11.3 Å². The number of thiophene rings is 1. The standard InChI is InChI=1S/C37H51N5O2S/c1-24-19-25(2)21-27(20-24)33-30(13-18-40-16-11-26(12-17-40)23-38-36(44)41-14-5-6-15-41)31-22-32(45-34(31)39-33)37(3,4)35(43)42-28-7-8-29(42)10-9-28/h19-22,26,28-29,39H,5-18,23H2,1-4H3,(H,38,44). The number of piperidine rings is 1. The number of aromatic amines is 1. The highest BCUT2D eigenvalue weighted by atomic mass is 32.1. The summed E-state index contributed by atoms with van der Waals surface area (Å²) in [5.74, 6) is 0.870. The molecule has 242 valence electrons. The fourth-order valence-electron chi connectivity index (χ4n) is 8.59. The van der Waals surface area contributed by atoms with Gasteiger partial charge in [-0.05, 0) is 134 Å². The van der Waals surface area contributed by atoms with E-state index in [2.05, 4.69) is 72.1 Å². The average molecular weight is 630 g/mol. The van der Waals surface area contributed by atoms with Crippen LogP contribution in [0.15, 0.2) is 24.3 Å². The molecule has 0 atom stereocenters. The summed E-state index contributed by atoms with van der Waals surface area (Å²) in [6.45, 7) is 14.4. The van der Waals surface area contributed by atoms with Crippen LogP contribution in [0.5, 0.6) is 0 Å². The number of nitrogens with one attached hydrogen (secondary N) is 2. The van der Waals surface area contributed by atoms with E-state index in [0.717, 1.165) is 71.4 Å². The molecule has 0 saturated carbocycles. The molecule has 2 N–H and O–H groups in total. The van der Waals surface area contributed by atoms with Gasteiger partial charge in [0.15, 0.2) is 0 Å². The molecule has 0 aliphatic carbocycles. The molecule has 7 nitrogen and oxygen atoms in total. The van der Waals surface area contributed by atoms with Gasteiger partial charge in [0, 0.05) is 48.5 Å². The van der Waals surface area contributed by atoms with E-state index in [9.17, 15) is 9.59 Å². The quantitative estimate of drug-likeness (QED) is 0.282. The second kappa shape index (κ2) is 12.4. The van der Waals surface area contributed by atoms with Crippen molar-refractivity contribution in [1.82, 2.24) is 25.0 Å². The van der Waals surface area contributed by atoms with Gasteiger partial charge in [-0.1, -0.05) is 17.2 Å². The second-order valence-electron chi connectivity index (χ2n) is 14.9. The Balaban J connectivity index is 1.07. The maximum Gasteiger partial charge on any atom is 0.317 e. The first-order chi connectivity index (χ1) is 21.7. The van der Waals surface area contributed by atoms with Crippen LogP contribution in [0.3, 0.4) is 0 Å². The fraction of sp³-hybridized carbons (Fsp3) is 0.622. The molecule has 1 aromatic carbocycles. The van der Waals surface area contributed by atoms with Crippen LogP contribution in [-0.2, 0) is 16.6 Å². The largest absolute Gasteiger partial charge is 0.346 e. The number of urea groups is 1. The zero-order valence-corrected chi connectivity index (χ0v) is 28.5. The summed E-state index contributed by atoms with van der Waals surface area (Å²) in [6.07, 6.45) is 10.2. The summed E-state index contributed by atoms with van der Waals surface area (Å²) in [5, 5.41) is 4.49. The smallest absolute Gasteiger partial charge is 0.317 e. The van der Waals surface area contributed by atoms with Gasteiger partial charge in [-0.2, -0.15) is 0 Å². The van der Waals surface area contributed by atoms with Gasteiger partial charge in [-0.3, -0.25) is 4.79 Å². The highest BCUT2D eigenvalue weighted by Gasteiger charge is 2.47. The molecule has 4 aliphatic rings. The number of likely N-dealkylation sites (tertiary alicyclic amines) is 2. The summed E-state index contributed by atoms with van der Waals surface area (Å²) >= 11 is 1.78. The molecule has 2 bridgehead atoms. The van der Waals surface area contributed by atoms with Crippen LogP contribution in [-0.4, -0.2) is 83.0 Å². The van der Waals surface area contributed by atoms with Crippen molar-refractivity contribution in [2.45, 2.75) is 103 Å². The summed E-state index contributed by atoms with van der Waals surface area (Å²) in [4.78, 5) is 39.5. The third-order valence-electron chi connectivity index (χ3n) is 11.3. The molecule has 4 fully saturated rings. The van der Waals surface area contributed by atoms with Crippen LogP contribution in [0.25, 0.3) is 21.5 Å². The lowest BCUT2D eigenvalue weighted by Gasteiger charge is -2.32. The molecule has 3 aromatic rings. The number of aryl methyl sites for hydroxylation is 2. The Labute approximate surface area is 272 Å². The predicted octanol–water partition coefficient (Wildman–Crippen LogP) is 7.00. The van der Waals surface area contributed by atoms with E-state index in [1.807, 2.05) is 4.90 Å². The number of hydrogen-bond acceptors (Lipinski definition) is 4. The molecular formula is C37H51N5O2S. The molecule has 4 aliphatic heterocycles. The van der Waals surface area contributed by atoms with Crippen LogP contribution in [0.4, 0.5) is 4.79 Å². The van der Waals surface area contributed by atoms with E-state index >= 15 is 0 Å². The zero-order valence-electron chi connectivity index (χ0n) is 27.7. The van der Waals surface area contributed by atoms with Gasteiger partial charge in [0.25, 0.3) is 0 Å². The fourth-order valence-corrected chi connectivity index (χ4v) is 9.77. The third-order valence-corrected chi connectivity index (χ3v) is 12.6. The summed E-state index contributed by atoms with van der Waals surface area (Å²) in [6, 6.07) is 10.2. The van der Waals surface area contributed by atoms with E-state index in [4.69, 9.17) is 0 Å². The molecule has 0 spiro atoms. The molecule has 4 saturated heterocycles. The Morgan fingerprint density at radius 2 is 1.56 bits per heavy atom. The molecule has 0 radical (unpaired) electrons. The molecular weight excluding hydrogens is 579 g/mol. The van der Waals surface area contributed by atoms with Gasteiger partial charge < -0.3 is 25.0 Å². The summed E-state index contributed by atoms with van der Waals surface area (Å²) in [7, 11) is 0. The van der Waals surface area contributed by atoms with E-state index in [0.29, 0.717) is 23.9 Å². The lowest BCUT2D eigenvalue weighted by molar-refractivity contribution is -0.137. The number of carbonyl (C=O) groups is 2. The van der Waals surface area contributed by atoms with Crippen molar-refractivity contribution in [3.8, 4) is 11.3 Å². The van der Waals surface area contributed by atoms with Crippen molar-refractivity contribution in [2.24, 2.45) is 5.92 Å². The van der Waals surface area contributed by atoms with E-state index in [1.54, 1.807) is 11.3 Å². The third kappa shape index (κ3) is 6.05. The number of rotatable bonds is 8. The minimum atomic E-state index is -0.529. The number of amides is 3. The summed E-state index contributed by atoms with van der Waals surface area (Å²) in [5.41, 5.74) is 5.89. The maximum absolute atomic E-state index is 14.0. The number of carbonyl (C=O) groups excluding carboxylic acids is 2. The van der Waals surface area contributed by atoms with Crippen LogP contribution < -0.4 is 5.32 Å². The number of fused-ring (bicyclic) bond motifs is 3. The Morgan fingerprint density at radius 1 is 0.911 bits per heavy atom. The first kappa shape index (κ1) is 30.8. The maximum atomic E-state index is 14.0. The Bertz CT molecular complexity index is 1520. The topological polar surface area (TPSA) is 71.7 Å². The lowest BCUT2D eigenvalue weighted by atomic mass is 9.88. The SMILES string of the molecule is Cc1cc(C)cc(-c2[nH]c3sc(C(C)(C)C(=O)N4C5CCC4CC5)cc3c2CCN2CCC(CNC(=O)N3CCCC3)CC2)c1. The Morgan fingerprint density at radius 3 is 2.20 bits per heavy atom. The van der Waals surface area contributed by atoms with E-state index in [1.165, 1.54) is 68.7 Å². The monoisotopic (exact) mass is 629 g/mol. The lowest BCUT2D eigenvalue weighted by Crippen LogP contribution is -2.45. The van der Waals surface area contributed by atoms with Crippen LogP contribution in [0.1, 0.15) is 86.8 Å². The van der Waals surface area contributed by atoms with Gasteiger partial charge in [0.1, 0.15) is 4.83 Å². The van der Waals surface area contributed by atoms with Crippen molar-refractivity contribution in [3.63, 3.8) is 0 Å². The first-order valence-electron chi connectivity index (χ1n) is 17.5. The van der Waals surface area contributed by atoms with Crippen molar-refractivity contribution in [3.05, 3.63) is 45.8 Å². The van der Waals surface area contributed by atoms with Gasteiger partial charge in [0.05, 0.1) is 11.1 Å². The van der Waals surface area contributed by atoms with E-state index < -0.39 is 5.41 Å². The van der Waals surface area contributed by atoms with Crippen molar-refractivity contribution in [2.75, 3.05) is 39.3 Å². The number of benzene rings is 1. The van der Waals surface area contributed by atoms with Gasteiger partial charge in [0.2, 0.25) is 5.91 Å². The molecule has 2 aromatic heterocycles. The highest BCUT2D eigenvalue weighted by Crippen LogP contribution is 2.44. The number of hydrogen-bond donors (Lipinski definition) is 2. The molecule has 8 heteroatoms. The van der Waals surface area contributed by atoms with Crippen molar-refractivity contribution >= 4 is 33.5 Å². The molecule has 3 amide bonds. The van der Waals surface area contributed by atoms with Gasteiger partial charge >= 0.3 is 6.03 Å². The van der Waals surface area contributed by atoms with Gasteiger partial charge in [-0.15, -0.1) is 11.3 Å². The van der Waals surface area contributed by atoms with Gasteiger partial charge in [-0.25, -0.2) is 4.79 Å². The zero-order chi connectivity index (χ0) is 31.3. The predicted molar refractivity (Wildman–Crippen MR) is 184 cm³/mol. The Hall–Kier alpha value is -2.84.